The minimum Gasteiger partial charge on any atom is -0.375 e. The number of morpholine rings is 1. The SMILES string of the molecule is CC1CN(c2ccc(NC(=O)NCc3nccn3C)cc2)CCO1. The number of nitrogens with one attached hydrogen (secondary N) is 2. The van der Waals surface area contributed by atoms with Crippen LogP contribution in [-0.2, 0) is 18.3 Å². The molecule has 7 heteroatoms. The maximum Gasteiger partial charge on any atom is 0.319 e. The number of hydrogen-bond acceptors (Lipinski definition) is 4. The van der Waals surface area contributed by atoms with Crippen molar-refractivity contribution in [2.45, 2.75) is 19.6 Å². The highest BCUT2D eigenvalue weighted by molar-refractivity contribution is 5.89. The molecule has 1 atom stereocenters. The summed E-state index contributed by atoms with van der Waals surface area (Å²) in [5.74, 6) is 0.807. The summed E-state index contributed by atoms with van der Waals surface area (Å²) in [7, 11) is 1.90. The van der Waals surface area contributed by atoms with E-state index < -0.39 is 0 Å². The largest absolute Gasteiger partial charge is 0.375 e. The van der Waals surface area contributed by atoms with Crippen molar-refractivity contribution in [3.05, 3.63) is 42.5 Å². The van der Waals surface area contributed by atoms with Gasteiger partial charge in [0, 0.05) is 43.9 Å². The van der Waals surface area contributed by atoms with Gasteiger partial charge in [0.1, 0.15) is 5.82 Å². The number of hydrogen-bond donors (Lipinski definition) is 2. The molecule has 2 N–H and O–H groups in total. The van der Waals surface area contributed by atoms with E-state index in [-0.39, 0.29) is 12.1 Å². The summed E-state index contributed by atoms with van der Waals surface area (Å²) in [6, 6.07) is 7.62. The van der Waals surface area contributed by atoms with Gasteiger partial charge in [-0.3, -0.25) is 0 Å². The van der Waals surface area contributed by atoms with Gasteiger partial charge in [0.15, 0.2) is 0 Å². The smallest absolute Gasteiger partial charge is 0.319 e. The fourth-order valence-electron chi connectivity index (χ4n) is 2.71. The molecule has 2 heterocycles. The number of amides is 2. The third-order valence-electron chi connectivity index (χ3n) is 4.06. The topological polar surface area (TPSA) is 71.4 Å². The van der Waals surface area contributed by atoms with E-state index in [0.29, 0.717) is 6.54 Å². The lowest BCUT2D eigenvalue weighted by atomic mass is 10.2. The molecular formula is C17H23N5O2. The van der Waals surface area contributed by atoms with Gasteiger partial charge in [-0.2, -0.15) is 0 Å². The van der Waals surface area contributed by atoms with E-state index in [9.17, 15) is 4.79 Å². The van der Waals surface area contributed by atoms with Crippen molar-refractivity contribution in [1.82, 2.24) is 14.9 Å². The Morgan fingerprint density at radius 1 is 1.38 bits per heavy atom. The van der Waals surface area contributed by atoms with Crippen molar-refractivity contribution < 1.29 is 9.53 Å². The summed E-state index contributed by atoms with van der Waals surface area (Å²) in [5.41, 5.74) is 1.90. The Morgan fingerprint density at radius 2 is 2.17 bits per heavy atom. The van der Waals surface area contributed by atoms with E-state index in [2.05, 4.69) is 27.4 Å². The van der Waals surface area contributed by atoms with E-state index in [1.165, 1.54) is 0 Å². The van der Waals surface area contributed by atoms with Crippen LogP contribution in [0.4, 0.5) is 16.2 Å². The fraction of sp³-hybridized carbons (Fsp3) is 0.412. The van der Waals surface area contributed by atoms with Crippen molar-refractivity contribution in [1.29, 1.82) is 0 Å². The number of ether oxygens (including phenoxy) is 1. The van der Waals surface area contributed by atoms with Gasteiger partial charge in [0.05, 0.1) is 19.3 Å². The van der Waals surface area contributed by atoms with Gasteiger partial charge < -0.3 is 24.8 Å². The number of imidazole rings is 1. The summed E-state index contributed by atoms with van der Waals surface area (Å²) >= 11 is 0. The highest BCUT2D eigenvalue weighted by Crippen LogP contribution is 2.20. The zero-order valence-corrected chi connectivity index (χ0v) is 14.0. The molecule has 1 aromatic carbocycles. The Hall–Kier alpha value is -2.54. The predicted octanol–water partition coefficient (Wildman–Crippen LogP) is 1.97. The third kappa shape index (κ3) is 4.05. The highest BCUT2D eigenvalue weighted by Gasteiger charge is 2.16. The first-order valence-electron chi connectivity index (χ1n) is 8.09. The summed E-state index contributed by atoms with van der Waals surface area (Å²) in [4.78, 5) is 18.4. The van der Waals surface area contributed by atoms with Crippen LogP contribution >= 0.6 is 0 Å². The maximum absolute atomic E-state index is 12.0. The van der Waals surface area contributed by atoms with Crippen LogP contribution < -0.4 is 15.5 Å². The molecule has 1 saturated heterocycles. The van der Waals surface area contributed by atoms with Crippen LogP contribution in [0.1, 0.15) is 12.7 Å². The third-order valence-corrected chi connectivity index (χ3v) is 4.06. The number of carbonyl (C=O) groups excluding carboxylic acids is 1. The molecule has 1 fully saturated rings. The van der Waals surface area contributed by atoms with Crippen LogP contribution in [0.5, 0.6) is 0 Å². The molecule has 128 valence electrons. The Kier molecular flexibility index (Phi) is 5.00. The van der Waals surface area contributed by atoms with Gasteiger partial charge in [0.2, 0.25) is 0 Å². The number of carbonyl (C=O) groups is 1. The molecule has 1 unspecified atom stereocenters. The average molecular weight is 329 g/mol. The van der Waals surface area contributed by atoms with E-state index >= 15 is 0 Å². The lowest BCUT2D eigenvalue weighted by Crippen LogP contribution is -2.41. The minimum atomic E-state index is -0.245. The van der Waals surface area contributed by atoms with Crippen molar-refractivity contribution in [2.24, 2.45) is 7.05 Å². The quantitative estimate of drug-likeness (QED) is 0.899. The molecule has 24 heavy (non-hydrogen) atoms. The lowest BCUT2D eigenvalue weighted by molar-refractivity contribution is 0.0532. The van der Waals surface area contributed by atoms with E-state index in [1.807, 2.05) is 42.1 Å². The summed E-state index contributed by atoms with van der Waals surface area (Å²) in [6.45, 7) is 4.99. The van der Waals surface area contributed by atoms with Crippen LogP contribution in [0.25, 0.3) is 0 Å². The number of anilines is 2. The van der Waals surface area contributed by atoms with Gasteiger partial charge in [-0.1, -0.05) is 0 Å². The second-order valence-electron chi connectivity index (χ2n) is 5.94. The van der Waals surface area contributed by atoms with E-state index in [0.717, 1.165) is 36.9 Å². The lowest BCUT2D eigenvalue weighted by Gasteiger charge is -2.33. The minimum absolute atomic E-state index is 0.244. The first-order chi connectivity index (χ1) is 11.6. The summed E-state index contributed by atoms with van der Waals surface area (Å²) in [6.07, 6.45) is 3.80. The number of aromatic nitrogens is 2. The van der Waals surface area contributed by atoms with Crippen molar-refractivity contribution in [2.75, 3.05) is 29.9 Å². The van der Waals surface area contributed by atoms with Gasteiger partial charge in [-0.05, 0) is 31.2 Å². The molecule has 1 aliphatic heterocycles. The average Bonchev–Trinajstić information content (AvgIpc) is 2.99. The molecule has 0 radical (unpaired) electrons. The van der Waals surface area contributed by atoms with Gasteiger partial charge in [-0.25, -0.2) is 9.78 Å². The van der Waals surface area contributed by atoms with Gasteiger partial charge in [0.25, 0.3) is 0 Å². The van der Waals surface area contributed by atoms with Crippen molar-refractivity contribution >= 4 is 17.4 Å². The number of aryl methyl sites for hydroxylation is 1. The molecule has 2 aromatic rings. The van der Waals surface area contributed by atoms with Crippen LogP contribution in [0.3, 0.4) is 0 Å². The Balaban J connectivity index is 1.52. The first kappa shape index (κ1) is 16.3. The maximum atomic E-state index is 12.0. The Morgan fingerprint density at radius 3 is 2.83 bits per heavy atom. The monoisotopic (exact) mass is 329 g/mol. The molecule has 7 nitrogen and oxygen atoms in total. The second kappa shape index (κ2) is 7.35. The number of nitrogens with zero attached hydrogens (tertiary/aromatic N) is 3. The normalized spacial score (nSPS) is 17.6. The second-order valence-corrected chi connectivity index (χ2v) is 5.94. The molecule has 2 amide bonds. The first-order valence-corrected chi connectivity index (χ1v) is 8.09. The van der Waals surface area contributed by atoms with Gasteiger partial charge in [-0.15, -0.1) is 0 Å². The molecule has 0 aliphatic carbocycles. The summed E-state index contributed by atoms with van der Waals surface area (Å²) < 4.78 is 7.43. The van der Waals surface area contributed by atoms with Crippen LogP contribution in [0.2, 0.25) is 0 Å². The number of benzene rings is 1. The molecule has 0 bridgehead atoms. The van der Waals surface area contributed by atoms with Crippen LogP contribution in [0, 0.1) is 0 Å². The molecule has 1 aliphatic rings. The molecule has 1 aromatic heterocycles. The molecule has 3 rings (SSSR count). The van der Waals surface area contributed by atoms with E-state index in [1.54, 1.807) is 6.20 Å². The van der Waals surface area contributed by atoms with Gasteiger partial charge >= 0.3 is 6.03 Å². The Bertz CT molecular complexity index is 683. The van der Waals surface area contributed by atoms with Crippen molar-refractivity contribution in [3.63, 3.8) is 0 Å². The summed E-state index contributed by atoms with van der Waals surface area (Å²) in [5, 5.41) is 5.63. The van der Waals surface area contributed by atoms with Crippen LogP contribution in [-0.4, -0.2) is 41.4 Å². The zero-order valence-electron chi connectivity index (χ0n) is 14.0. The molecular weight excluding hydrogens is 306 g/mol. The number of urea groups is 1. The van der Waals surface area contributed by atoms with Crippen molar-refractivity contribution in [3.8, 4) is 0 Å². The fourth-order valence-corrected chi connectivity index (χ4v) is 2.71. The molecule has 0 saturated carbocycles. The Labute approximate surface area is 141 Å². The number of rotatable bonds is 4. The van der Waals surface area contributed by atoms with E-state index in [4.69, 9.17) is 4.74 Å². The zero-order chi connectivity index (χ0) is 16.9. The standard InChI is InChI=1S/C17H23N5O2/c1-13-12-22(9-10-24-13)15-5-3-14(4-6-15)20-17(23)19-11-16-18-7-8-21(16)2/h3-8,13H,9-12H2,1-2H3,(H2,19,20,23). The molecule has 0 spiro atoms. The predicted molar refractivity (Wildman–Crippen MR) is 93.1 cm³/mol. The highest BCUT2D eigenvalue weighted by atomic mass is 16.5. The van der Waals surface area contributed by atoms with Crippen LogP contribution in [0.15, 0.2) is 36.7 Å².